The Morgan fingerprint density at radius 3 is 2.66 bits per heavy atom. The van der Waals surface area contributed by atoms with Gasteiger partial charge >= 0.3 is 11.9 Å². The fourth-order valence-electron chi connectivity index (χ4n) is 3.69. The molecule has 6 nitrogen and oxygen atoms in total. The first-order valence-electron chi connectivity index (χ1n) is 9.87. The summed E-state index contributed by atoms with van der Waals surface area (Å²) >= 11 is 1.43. The van der Waals surface area contributed by atoms with Crippen molar-refractivity contribution in [1.29, 1.82) is 0 Å². The molecule has 1 heterocycles. The van der Waals surface area contributed by atoms with Crippen molar-refractivity contribution in [1.82, 2.24) is 0 Å². The van der Waals surface area contributed by atoms with Gasteiger partial charge in [-0.3, -0.25) is 9.59 Å². The third-order valence-electron chi connectivity index (χ3n) is 5.06. The molecular weight excluding hydrogens is 390 g/mol. The van der Waals surface area contributed by atoms with Crippen molar-refractivity contribution in [2.45, 2.75) is 51.4 Å². The molecule has 0 spiro atoms. The second-order valence-electron chi connectivity index (χ2n) is 7.07. The molecule has 7 heteroatoms. The molecule has 0 aliphatic heterocycles. The fraction of sp³-hybridized carbons (Fsp3) is 0.409. The molecule has 1 aromatic carbocycles. The summed E-state index contributed by atoms with van der Waals surface area (Å²) in [6.07, 6.45) is 2.82. The number of esters is 1. The summed E-state index contributed by atoms with van der Waals surface area (Å²) < 4.78 is 5.24. The van der Waals surface area contributed by atoms with Crippen LogP contribution in [0.15, 0.2) is 30.3 Å². The summed E-state index contributed by atoms with van der Waals surface area (Å²) in [5.41, 5.74) is 2.72. The predicted octanol–water partition coefficient (Wildman–Crippen LogP) is 4.39. The van der Waals surface area contributed by atoms with Gasteiger partial charge in [-0.2, -0.15) is 0 Å². The Labute approximate surface area is 173 Å². The zero-order chi connectivity index (χ0) is 20.8. The van der Waals surface area contributed by atoms with Crippen molar-refractivity contribution >= 4 is 34.2 Å². The van der Waals surface area contributed by atoms with Crippen LogP contribution >= 0.6 is 11.3 Å². The van der Waals surface area contributed by atoms with E-state index in [4.69, 9.17) is 9.84 Å². The summed E-state index contributed by atoms with van der Waals surface area (Å²) in [4.78, 5) is 36.6. The quantitative estimate of drug-likeness (QED) is 0.624. The van der Waals surface area contributed by atoms with Gasteiger partial charge in [-0.25, -0.2) is 4.79 Å². The number of hydrogen-bond acceptors (Lipinski definition) is 5. The largest absolute Gasteiger partial charge is 0.481 e. The van der Waals surface area contributed by atoms with Gasteiger partial charge in [-0.05, 0) is 49.7 Å². The number of carboxylic acid groups (broad SMARTS) is 1. The number of carbonyl (C=O) groups excluding carboxylic acids is 2. The molecule has 0 unspecified atom stereocenters. The second kappa shape index (κ2) is 9.69. The summed E-state index contributed by atoms with van der Waals surface area (Å²) in [7, 11) is 0. The van der Waals surface area contributed by atoms with Gasteiger partial charge in [0.1, 0.15) is 5.00 Å². The number of amides is 1. The van der Waals surface area contributed by atoms with E-state index >= 15 is 0 Å². The van der Waals surface area contributed by atoms with Crippen molar-refractivity contribution in [2.24, 2.45) is 0 Å². The average Bonchev–Trinajstić information content (AvgIpc) is 3.05. The van der Waals surface area contributed by atoms with Crippen LogP contribution in [0.5, 0.6) is 0 Å². The SMILES string of the molecule is CCOC(=O)c1c(NC(=O)CCCC(=O)O)sc2c1CC[C@@H](c1ccccc1)C2. The van der Waals surface area contributed by atoms with E-state index < -0.39 is 11.9 Å². The number of nitrogens with one attached hydrogen (secondary N) is 1. The van der Waals surface area contributed by atoms with Crippen LogP contribution in [-0.4, -0.2) is 29.6 Å². The van der Waals surface area contributed by atoms with Crippen LogP contribution < -0.4 is 5.32 Å². The molecule has 0 saturated carbocycles. The molecule has 0 saturated heterocycles. The number of aliphatic carboxylic acids is 1. The summed E-state index contributed by atoms with van der Waals surface area (Å²) in [5.74, 6) is -1.24. The van der Waals surface area contributed by atoms with Gasteiger partial charge < -0.3 is 15.2 Å². The highest BCUT2D eigenvalue weighted by atomic mass is 32.1. The minimum absolute atomic E-state index is 0.0577. The number of benzene rings is 1. The molecule has 29 heavy (non-hydrogen) atoms. The van der Waals surface area contributed by atoms with Crippen LogP contribution in [0.2, 0.25) is 0 Å². The Kier molecular flexibility index (Phi) is 7.04. The number of anilines is 1. The molecule has 0 fully saturated rings. The third-order valence-corrected chi connectivity index (χ3v) is 6.23. The summed E-state index contributed by atoms with van der Waals surface area (Å²) in [6.45, 7) is 2.02. The van der Waals surface area contributed by atoms with Gasteiger partial charge in [0.15, 0.2) is 0 Å². The molecule has 154 valence electrons. The summed E-state index contributed by atoms with van der Waals surface area (Å²) in [6, 6.07) is 10.3. The second-order valence-corrected chi connectivity index (χ2v) is 8.18. The van der Waals surface area contributed by atoms with Gasteiger partial charge in [-0.1, -0.05) is 30.3 Å². The van der Waals surface area contributed by atoms with Crippen LogP contribution in [0.1, 0.15) is 64.9 Å². The van der Waals surface area contributed by atoms with E-state index in [0.29, 0.717) is 16.5 Å². The van der Waals surface area contributed by atoms with Crippen molar-refractivity contribution in [3.63, 3.8) is 0 Å². The van der Waals surface area contributed by atoms with Crippen LogP contribution in [0.3, 0.4) is 0 Å². The zero-order valence-electron chi connectivity index (χ0n) is 16.4. The number of carboxylic acids is 1. The van der Waals surface area contributed by atoms with E-state index in [1.54, 1.807) is 6.92 Å². The first kappa shape index (κ1) is 21.0. The van der Waals surface area contributed by atoms with Gasteiger partial charge in [0, 0.05) is 17.7 Å². The number of rotatable bonds is 8. The topological polar surface area (TPSA) is 92.7 Å². The standard InChI is InChI=1S/C22H25NO5S/c1-2-28-22(27)20-16-12-11-15(14-7-4-3-5-8-14)13-17(16)29-21(20)23-18(24)9-6-10-19(25)26/h3-5,7-8,15H,2,6,9-13H2,1H3,(H,23,24)(H,25,26)/t15-/m1/s1. The van der Waals surface area contributed by atoms with E-state index in [2.05, 4.69) is 17.4 Å². The molecule has 0 radical (unpaired) electrons. The third kappa shape index (κ3) is 5.23. The molecule has 1 aromatic heterocycles. The van der Waals surface area contributed by atoms with E-state index in [0.717, 1.165) is 29.7 Å². The average molecular weight is 416 g/mol. The Morgan fingerprint density at radius 1 is 1.21 bits per heavy atom. The molecule has 0 bridgehead atoms. The smallest absolute Gasteiger partial charge is 0.341 e. The van der Waals surface area contributed by atoms with E-state index in [-0.39, 0.29) is 31.8 Å². The minimum Gasteiger partial charge on any atom is -0.481 e. The highest BCUT2D eigenvalue weighted by Gasteiger charge is 2.30. The normalized spacial score (nSPS) is 15.4. The van der Waals surface area contributed by atoms with Gasteiger partial charge in [0.05, 0.1) is 12.2 Å². The molecule has 1 aliphatic rings. The molecule has 3 rings (SSSR count). The predicted molar refractivity (Wildman–Crippen MR) is 112 cm³/mol. The lowest BCUT2D eigenvalue weighted by Gasteiger charge is -2.23. The first-order chi connectivity index (χ1) is 14.0. The monoisotopic (exact) mass is 415 g/mol. The molecule has 1 aliphatic carbocycles. The van der Waals surface area contributed by atoms with Crippen molar-refractivity contribution in [3.8, 4) is 0 Å². The number of carbonyl (C=O) groups is 3. The van der Waals surface area contributed by atoms with Crippen LogP contribution in [-0.2, 0) is 27.2 Å². The lowest BCUT2D eigenvalue weighted by Crippen LogP contribution is -2.17. The molecular formula is C22H25NO5S. The van der Waals surface area contributed by atoms with E-state index in [9.17, 15) is 14.4 Å². The summed E-state index contributed by atoms with van der Waals surface area (Å²) in [5, 5.41) is 12.1. The number of fused-ring (bicyclic) bond motifs is 1. The maximum Gasteiger partial charge on any atom is 0.341 e. The van der Waals surface area contributed by atoms with Crippen molar-refractivity contribution < 1.29 is 24.2 Å². The van der Waals surface area contributed by atoms with Crippen molar-refractivity contribution in [2.75, 3.05) is 11.9 Å². The first-order valence-corrected chi connectivity index (χ1v) is 10.7. The molecule has 2 aromatic rings. The van der Waals surface area contributed by atoms with Crippen molar-refractivity contribution in [3.05, 3.63) is 51.9 Å². The highest BCUT2D eigenvalue weighted by Crippen LogP contribution is 2.42. The van der Waals surface area contributed by atoms with Gasteiger partial charge in [0.2, 0.25) is 5.91 Å². The minimum atomic E-state index is -0.927. The van der Waals surface area contributed by atoms with Gasteiger partial charge in [-0.15, -0.1) is 11.3 Å². The Bertz CT molecular complexity index is 890. The van der Waals surface area contributed by atoms with Crippen LogP contribution in [0.25, 0.3) is 0 Å². The Hall–Kier alpha value is -2.67. The molecule has 2 N–H and O–H groups in total. The number of hydrogen-bond donors (Lipinski definition) is 2. The van der Waals surface area contributed by atoms with Gasteiger partial charge in [0.25, 0.3) is 0 Å². The zero-order valence-corrected chi connectivity index (χ0v) is 17.2. The maximum atomic E-state index is 12.6. The maximum absolute atomic E-state index is 12.6. The van der Waals surface area contributed by atoms with E-state index in [1.807, 2.05) is 18.2 Å². The molecule has 1 amide bonds. The lowest BCUT2D eigenvalue weighted by molar-refractivity contribution is -0.137. The Balaban J connectivity index is 1.81. The fourth-order valence-corrected chi connectivity index (χ4v) is 5.02. The highest BCUT2D eigenvalue weighted by molar-refractivity contribution is 7.17. The Morgan fingerprint density at radius 2 is 1.97 bits per heavy atom. The van der Waals surface area contributed by atoms with E-state index in [1.165, 1.54) is 16.9 Å². The molecule has 1 atom stereocenters. The number of thiophene rings is 1. The van der Waals surface area contributed by atoms with Crippen LogP contribution in [0.4, 0.5) is 5.00 Å². The number of ether oxygens (including phenoxy) is 1. The lowest BCUT2D eigenvalue weighted by atomic mass is 9.83. The van der Waals surface area contributed by atoms with Crippen LogP contribution in [0, 0.1) is 0 Å².